The molecule has 5 heteroatoms. The maximum absolute atomic E-state index is 12.3. The summed E-state index contributed by atoms with van der Waals surface area (Å²) in [5.74, 6) is -0.0150. The minimum atomic E-state index is -0.0150. The van der Waals surface area contributed by atoms with E-state index in [0.29, 0.717) is 12.1 Å². The van der Waals surface area contributed by atoms with Crippen molar-refractivity contribution in [1.82, 2.24) is 20.2 Å². The maximum atomic E-state index is 12.3. The molecule has 4 aromatic rings. The summed E-state index contributed by atoms with van der Waals surface area (Å²) in [6.45, 7) is 5.55. The van der Waals surface area contributed by atoms with Crippen LogP contribution in [0, 0.1) is 0 Å². The van der Waals surface area contributed by atoms with Gasteiger partial charge in [-0.2, -0.15) is 0 Å². The van der Waals surface area contributed by atoms with E-state index in [1.54, 1.807) is 0 Å². The number of rotatable bonds is 8. The predicted octanol–water partition coefficient (Wildman–Crippen LogP) is 4.84. The highest BCUT2D eigenvalue weighted by molar-refractivity contribution is 5.94. The molecule has 0 saturated carbocycles. The molecular formula is C26H28N4O. The van der Waals surface area contributed by atoms with Gasteiger partial charge in [0.2, 0.25) is 0 Å². The zero-order valence-corrected chi connectivity index (χ0v) is 18.0. The fraction of sp³-hybridized carbons (Fsp3) is 0.231. The highest BCUT2D eigenvalue weighted by Crippen LogP contribution is 2.18. The molecule has 1 heterocycles. The minimum absolute atomic E-state index is 0.0150. The number of benzene rings is 3. The van der Waals surface area contributed by atoms with Crippen molar-refractivity contribution in [3.63, 3.8) is 0 Å². The van der Waals surface area contributed by atoms with Crippen molar-refractivity contribution in [3.05, 3.63) is 95.8 Å². The monoisotopic (exact) mass is 412 g/mol. The van der Waals surface area contributed by atoms with Crippen molar-refractivity contribution in [2.45, 2.75) is 39.4 Å². The molecule has 1 amide bonds. The van der Waals surface area contributed by atoms with E-state index >= 15 is 0 Å². The third kappa shape index (κ3) is 5.01. The lowest BCUT2D eigenvalue weighted by atomic mass is 10.1. The molecule has 0 aliphatic heterocycles. The van der Waals surface area contributed by atoms with Crippen LogP contribution >= 0.6 is 0 Å². The third-order valence-electron chi connectivity index (χ3n) is 5.51. The molecule has 0 saturated heterocycles. The first-order chi connectivity index (χ1) is 15.1. The number of hydrogen-bond acceptors (Lipinski definition) is 3. The van der Waals surface area contributed by atoms with Crippen LogP contribution in [-0.4, -0.2) is 21.5 Å². The second-order valence-electron chi connectivity index (χ2n) is 7.86. The Bertz CT molecular complexity index is 1160. The first-order valence-electron chi connectivity index (χ1n) is 10.8. The van der Waals surface area contributed by atoms with E-state index in [-0.39, 0.29) is 11.9 Å². The highest BCUT2D eigenvalue weighted by atomic mass is 16.1. The SMILES string of the molecule is CCC(C)NC(=O)c1cccc(CNCc2ccc(-n3cnc4ccccc43)cc2)c1. The van der Waals surface area contributed by atoms with Gasteiger partial charge in [-0.1, -0.05) is 43.3 Å². The smallest absolute Gasteiger partial charge is 0.251 e. The predicted molar refractivity (Wildman–Crippen MR) is 125 cm³/mol. The van der Waals surface area contributed by atoms with Crippen molar-refractivity contribution in [3.8, 4) is 5.69 Å². The molecule has 1 unspecified atom stereocenters. The summed E-state index contributed by atoms with van der Waals surface area (Å²) in [5, 5.41) is 6.49. The van der Waals surface area contributed by atoms with Crippen LogP contribution in [0.3, 0.4) is 0 Å². The Morgan fingerprint density at radius 2 is 1.74 bits per heavy atom. The first-order valence-corrected chi connectivity index (χ1v) is 10.8. The largest absolute Gasteiger partial charge is 0.350 e. The average Bonchev–Trinajstić information content (AvgIpc) is 3.24. The molecule has 31 heavy (non-hydrogen) atoms. The Morgan fingerprint density at radius 3 is 2.55 bits per heavy atom. The molecule has 158 valence electrons. The molecule has 1 atom stereocenters. The molecule has 2 N–H and O–H groups in total. The Labute approximate surface area is 183 Å². The molecule has 0 spiro atoms. The summed E-state index contributed by atoms with van der Waals surface area (Å²) in [5.41, 5.74) is 6.20. The van der Waals surface area contributed by atoms with Gasteiger partial charge in [-0.05, 0) is 60.9 Å². The van der Waals surface area contributed by atoms with E-state index in [2.05, 4.69) is 57.4 Å². The Morgan fingerprint density at radius 1 is 0.968 bits per heavy atom. The lowest BCUT2D eigenvalue weighted by Gasteiger charge is -2.12. The standard InChI is InChI=1S/C26H28N4O/c1-3-19(2)29-26(31)22-8-6-7-21(15-22)17-27-16-20-11-13-23(14-12-20)30-18-28-24-9-4-5-10-25(24)30/h4-15,18-19,27H,3,16-17H2,1-2H3,(H,29,31). The number of para-hydroxylation sites is 2. The molecular weight excluding hydrogens is 384 g/mol. The minimum Gasteiger partial charge on any atom is -0.350 e. The van der Waals surface area contributed by atoms with E-state index in [1.807, 2.05) is 55.7 Å². The highest BCUT2D eigenvalue weighted by Gasteiger charge is 2.09. The molecule has 0 bridgehead atoms. The van der Waals surface area contributed by atoms with Gasteiger partial charge in [-0.3, -0.25) is 9.36 Å². The number of hydrogen-bond donors (Lipinski definition) is 2. The van der Waals surface area contributed by atoms with Gasteiger partial charge in [0.05, 0.1) is 11.0 Å². The molecule has 0 aliphatic carbocycles. The summed E-state index contributed by atoms with van der Waals surface area (Å²) in [4.78, 5) is 16.8. The van der Waals surface area contributed by atoms with Gasteiger partial charge in [-0.25, -0.2) is 4.98 Å². The number of aromatic nitrogens is 2. The topological polar surface area (TPSA) is 59.0 Å². The number of carbonyl (C=O) groups is 1. The first kappa shape index (κ1) is 20.8. The summed E-state index contributed by atoms with van der Waals surface area (Å²) in [6, 6.07) is 24.6. The number of nitrogens with one attached hydrogen (secondary N) is 2. The number of nitrogens with zero attached hydrogens (tertiary/aromatic N) is 2. The van der Waals surface area contributed by atoms with E-state index in [4.69, 9.17) is 0 Å². The van der Waals surface area contributed by atoms with Crippen LogP contribution in [0.4, 0.5) is 0 Å². The quantitative estimate of drug-likeness (QED) is 0.435. The second-order valence-corrected chi connectivity index (χ2v) is 7.86. The van der Waals surface area contributed by atoms with Gasteiger partial charge >= 0.3 is 0 Å². The second kappa shape index (κ2) is 9.58. The van der Waals surface area contributed by atoms with Crippen molar-refractivity contribution >= 4 is 16.9 Å². The molecule has 0 radical (unpaired) electrons. The molecule has 4 rings (SSSR count). The summed E-state index contributed by atoms with van der Waals surface area (Å²) in [7, 11) is 0. The van der Waals surface area contributed by atoms with Crippen molar-refractivity contribution in [2.75, 3.05) is 0 Å². The van der Waals surface area contributed by atoms with Gasteiger partial charge < -0.3 is 10.6 Å². The van der Waals surface area contributed by atoms with E-state index < -0.39 is 0 Å². The zero-order valence-electron chi connectivity index (χ0n) is 18.0. The van der Waals surface area contributed by atoms with E-state index in [1.165, 1.54) is 5.56 Å². The molecule has 0 aliphatic rings. The molecule has 0 fully saturated rings. The molecule has 5 nitrogen and oxygen atoms in total. The fourth-order valence-corrected chi connectivity index (χ4v) is 3.52. The zero-order chi connectivity index (χ0) is 21.6. The van der Waals surface area contributed by atoms with Crippen LogP contribution in [0.2, 0.25) is 0 Å². The van der Waals surface area contributed by atoms with Gasteiger partial charge in [-0.15, -0.1) is 0 Å². The number of carbonyl (C=O) groups excluding carboxylic acids is 1. The normalized spacial score (nSPS) is 12.1. The maximum Gasteiger partial charge on any atom is 0.251 e. The van der Waals surface area contributed by atoms with Crippen LogP contribution < -0.4 is 10.6 Å². The lowest BCUT2D eigenvalue weighted by molar-refractivity contribution is 0.0939. The summed E-state index contributed by atoms with van der Waals surface area (Å²) >= 11 is 0. The number of amides is 1. The van der Waals surface area contributed by atoms with E-state index in [0.717, 1.165) is 35.2 Å². The Kier molecular flexibility index (Phi) is 6.43. The van der Waals surface area contributed by atoms with E-state index in [9.17, 15) is 4.79 Å². The fourth-order valence-electron chi connectivity index (χ4n) is 3.52. The van der Waals surface area contributed by atoms with Gasteiger partial charge in [0.1, 0.15) is 6.33 Å². The van der Waals surface area contributed by atoms with Gasteiger partial charge in [0, 0.05) is 30.4 Å². The van der Waals surface area contributed by atoms with Crippen LogP contribution in [0.15, 0.2) is 79.1 Å². The van der Waals surface area contributed by atoms with Crippen LogP contribution in [0.5, 0.6) is 0 Å². The summed E-state index contributed by atoms with van der Waals surface area (Å²) in [6.07, 6.45) is 2.78. The number of fused-ring (bicyclic) bond motifs is 1. The van der Waals surface area contributed by atoms with Crippen molar-refractivity contribution < 1.29 is 4.79 Å². The average molecular weight is 413 g/mol. The lowest BCUT2D eigenvalue weighted by Crippen LogP contribution is -2.32. The Hall–Kier alpha value is -3.44. The van der Waals surface area contributed by atoms with Crippen molar-refractivity contribution in [2.24, 2.45) is 0 Å². The Balaban J connectivity index is 1.35. The van der Waals surface area contributed by atoms with Gasteiger partial charge in [0.25, 0.3) is 5.91 Å². The van der Waals surface area contributed by atoms with Crippen LogP contribution in [-0.2, 0) is 13.1 Å². The molecule has 1 aromatic heterocycles. The summed E-state index contributed by atoms with van der Waals surface area (Å²) < 4.78 is 2.10. The van der Waals surface area contributed by atoms with Crippen molar-refractivity contribution in [1.29, 1.82) is 0 Å². The van der Waals surface area contributed by atoms with Crippen LogP contribution in [0.1, 0.15) is 41.8 Å². The molecule has 3 aromatic carbocycles. The number of imidazole rings is 1. The van der Waals surface area contributed by atoms with Crippen LogP contribution in [0.25, 0.3) is 16.7 Å². The third-order valence-corrected chi connectivity index (χ3v) is 5.51. The van der Waals surface area contributed by atoms with Gasteiger partial charge in [0.15, 0.2) is 0 Å².